The second-order valence-corrected chi connectivity index (χ2v) is 6.64. The average Bonchev–Trinajstić information content (AvgIpc) is 3.02. The first kappa shape index (κ1) is 16.1. The van der Waals surface area contributed by atoms with Gasteiger partial charge in [-0.3, -0.25) is 0 Å². The molecule has 1 atom stereocenters. The van der Waals surface area contributed by atoms with Crippen molar-refractivity contribution < 1.29 is 9.80 Å². The van der Waals surface area contributed by atoms with Crippen molar-refractivity contribution in [3.05, 3.63) is 41.7 Å². The van der Waals surface area contributed by atoms with Crippen molar-refractivity contribution in [1.29, 1.82) is 0 Å². The zero-order valence-electron chi connectivity index (χ0n) is 14.2. The van der Waals surface area contributed by atoms with Gasteiger partial charge in [-0.05, 0) is 16.0 Å². The molecule has 1 aliphatic heterocycles. The Labute approximate surface area is 138 Å². The first-order valence-corrected chi connectivity index (χ1v) is 8.73. The van der Waals surface area contributed by atoms with Gasteiger partial charge >= 0.3 is 0 Å². The number of benzene rings is 1. The summed E-state index contributed by atoms with van der Waals surface area (Å²) in [5.74, 6) is 1.05. The maximum atomic E-state index is 4.40. The molecular weight excluding hydrogens is 288 g/mol. The van der Waals surface area contributed by atoms with Crippen LogP contribution in [0.25, 0.3) is 0 Å². The minimum atomic E-state index is 0.409. The molecule has 0 unspecified atom stereocenters. The first-order chi connectivity index (χ1) is 11.3. The number of nitrogens with zero attached hydrogens (tertiary/aromatic N) is 4. The lowest BCUT2D eigenvalue weighted by atomic mass is 10.1. The molecule has 1 saturated heterocycles. The van der Waals surface area contributed by atoms with E-state index in [0.717, 1.165) is 25.2 Å². The lowest BCUT2D eigenvalue weighted by molar-refractivity contribution is -1.02. The monoisotopic (exact) mass is 316 g/mol. The van der Waals surface area contributed by atoms with Crippen LogP contribution in [0.5, 0.6) is 0 Å². The normalized spacial score (nSPS) is 22.9. The number of likely N-dealkylation sites (N-methyl/N-ethyl adjacent to an activating group) is 1. The highest BCUT2D eigenvalue weighted by atomic mass is 15.6. The molecule has 2 heterocycles. The summed E-state index contributed by atoms with van der Waals surface area (Å²) in [7, 11) is 2.28. The Morgan fingerprint density at radius 1 is 1.13 bits per heavy atom. The van der Waals surface area contributed by atoms with Crippen molar-refractivity contribution >= 4 is 0 Å². The van der Waals surface area contributed by atoms with Crippen molar-refractivity contribution in [2.45, 2.75) is 32.4 Å². The van der Waals surface area contributed by atoms with Gasteiger partial charge < -0.3 is 9.80 Å². The SMILES string of the molecule is CCC[C@H](c1nnnn1Cc1ccccc1)[NH+]1CC[NH+](C)CC1. The van der Waals surface area contributed by atoms with Gasteiger partial charge in [-0.15, -0.1) is 5.10 Å². The molecule has 0 saturated carbocycles. The van der Waals surface area contributed by atoms with E-state index >= 15 is 0 Å². The minimum absolute atomic E-state index is 0.409. The summed E-state index contributed by atoms with van der Waals surface area (Å²) >= 11 is 0. The summed E-state index contributed by atoms with van der Waals surface area (Å²) in [4.78, 5) is 3.27. The number of tetrazole rings is 1. The molecule has 0 spiro atoms. The van der Waals surface area contributed by atoms with Crippen LogP contribution >= 0.6 is 0 Å². The molecule has 23 heavy (non-hydrogen) atoms. The average molecular weight is 316 g/mol. The van der Waals surface area contributed by atoms with Crippen molar-refractivity contribution in [2.24, 2.45) is 0 Å². The molecule has 2 N–H and O–H groups in total. The zero-order chi connectivity index (χ0) is 16.1. The Morgan fingerprint density at radius 3 is 2.57 bits per heavy atom. The third-order valence-electron chi connectivity index (χ3n) is 4.86. The Balaban J connectivity index is 1.79. The van der Waals surface area contributed by atoms with Gasteiger partial charge in [0.05, 0.1) is 13.6 Å². The first-order valence-electron chi connectivity index (χ1n) is 8.73. The number of aromatic nitrogens is 4. The third kappa shape index (κ3) is 3.95. The van der Waals surface area contributed by atoms with Gasteiger partial charge in [0.1, 0.15) is 32.2 Å². The molecule has 2 aromatic rings. The number of rotatable bonds is 6. The Bertz CT molecular complexity index is 588. The summed E-state index contributed by atoms with van der Waals surface area (Å²) < 4.78 is 1.99. The lowest BCUT2D eigenvalue weighted by Gasteiger charge is -2.32. The van der Waals surface area contributed by atoms with E-state index in [1.807, 2.05) is 10.7 Å². The fourth-order valence-electron chi connectivity index (χ4n) is 3.48. The topological polar surface area (TPSA) is 52.5 Å². The Hall–Kier alpha value is -1.79. The van der Waals surface area contributed by atoms with Crippen LogP contribution in [0.15, 0.2) is 30.3 Å². The molecule has 0 amide bonds. The molecule has 1 aromatic carbocycles. The predicted molar refractivity (Wildman–Crippen MR) is 88.3 cm³/mol. The van der Waals surface area contributed by atoms with Crippen LogP contribution < -0.4 is 9.80 Å². The van der Waals surface area contributed by atoms with Gasteiger partial charge in [-0.1, -0.05) is 43.7 Å². The summed E-state index contributed by atoms with van der Waals surface area (Å²) in [5, 5.41) is 12.6. The summed E-state index contributed by atoms with van der Waals surface area (Å²) in [6.45, 7) is 7.87. The van der Waals surface area contributed by atoms with Crippen molar-refractivity contribution in [1.82, 2.24) is 20.2 Å². The maximum Gasteiger partial charge on any atom is 0.209 e. The van der Waals surface area contributed by atoms with Gasteiger partial charge in [0.15, 0.2) is 0 Å². The van der Waals surface area contributed by atoms with Crippen LogP contribution in [0.2, 0.25) is 0 Å². The zero-order valence-corrected chi connectivity index (χ0v) is 14.2. The standard InChI is InChI=1S/C17H26N6/c1-3-7-16(22-12-10-21(2)11-13-22)17-18-19-20-23(17)14-15-8-5-4-6-9-15/h4-6,8-9,16H,3,7,10-14H2,1-2H3/p+2/t16-/m1/s1. The van der Waals surface area contributed by atoms with Crippen LogP contribution in [0.1, 0.15) is 37.2 Å². The fourth-order valence-corrected chi connectivity index (χ4v) is 3.48. The molecule has 1 fully saturated rings. The molecule has 0 bridgehead atoms. The van der Waals surface area contributed by atoms with Crippen LogP contribution in [0.3, 0.4) is 0 Å². The van der Waals surface area contributed by atoms with Crippen LogP contribution in [0, 0.1) is 0 Å². The Morgan fingerprint density at radius 2 is 1.87 bits per heavy atom. The highest BCUT2D eigenvalue weighted by Crippen LogP contribution is 2.13. The second kappa shape index (κ2) is 7.66. The van der Waals surface area contributed by atoms with Crippen molar-refractivity contribution in [2.75, 3.05) is 33.2 Å². The van der Waals surface area contributed by atoms with Gasteiger partial charge in [0, 0.05) is 6.42 Å². The number of hydrogen-bond donors (Lipinski definition) is 2. The van der Waals surface area contributed by atoms with Gasteiger partial charge in [0.2, 0.25) is 5.82 Å². The number of piperazine rings is 1. The van der Waals surface area contributed by atoms with Crippen LogP contribution in [-0.4, -0.2) is 53.4 Å². The van der Waals surface area contributed by atoms with E-state index < -0.39 is 0 Å². The largest absolute Gasteiger partial charge is 0.328 e. The van der Waals surface area contributed by atoms with Gasteiger partial charge in [-0.2, -0.15) is 0 Å². The highest BCUT2D eigenvalue weighted by molar-refractivity contribution is 5.15. The van der Waals surface area contributed by atoms with E-state index in [2.05, 4.69) is 53.8 Å². The minimum Gasteiger partial charge on any atom is -0.328 e. The highest BCUT2D eigenvalue weighted by Gasteiger charge is 2.32. The van der Waals surface area contributed by atoms with Crippen molar-refractivity contribution in [3.63, 3.8) is 0 Å². The molecule has 3 rings (SSSR count). The maximum absolute atomic E-state index is 4.40. The summed E-state index contributed by atoms with van der Waals surface area (Å²) in [6, 6.07) is 10.8. The Kier molecular flexibility index (Phi) is 5.35. The second-order valence-electron chi connectivity index (χ2n) is 6.64. The van der Waals surface area contributed by atoms with E-state index in [1.54, 1.807) is 9.80 Å². The van der Waals surface area contributed by atoms with E-state index in [1.165, 1.54) is 31.7 Å². The summed E-state index contributed by atoms with van der Waals surface area (Å²) in [5.41, 5.74) is 1.24. The molecule has 1 aliphatic rings. The van der Waals surface area contributed by atoms with Crippen LogP contribution in [0.4, 0.5) is 0 Å². The lowest BCUT2D eigenvalue weighted by Crippen LogP contribution is -3.27. The number of hydrogen-bond acceptors (Lipinski definition) is 3. The van der Waals surface area contributed by atoms with Crippen LogP contribution in [-0.2, 0) is 6.54 Å². The quantitative estimate of drug-likeness (QED) is 0.717. The van der Waals surface area contributed by atoms with Gasteiger partial charge in [-0.25, -0.2) is 4.68 Å². The molecule has 0 aliphatic carbocycles. The van der Waals surface area contributed by atoms with E-state index in [0.29, 0.717) is 6.04 Å². The fraction of sp³-hybridized carbons (Fsp3) is 0.588. The molecule has 6 heteroatoms. The molecular formula is C17H28N6+2. The molecule has 1 aromatic heterocycles. The van der Waals surface area contributed by atoms with Gasteiger partial charge in [0.25, 0.3) is 0 Å². The molecule has 6 nitrogen and oxygen atoms in total. The molecule has 0 radical (unpaired) electrons. The van der Waals surface area contributed by atoms with E-state index in [9.17, 15) is 0 Å². The predicted octanol–water partition coefficient (Wildman–Crippen LogP) is -1.02. The van der Waals surface area contributed by atoms with E-state index in [-0.39, 0.29) is 0 Å². The molecule has 124 valence electrons. The third-order valence-corrected chi connectivity index (χ3v) is 4.86. The van der Waals surface area contributed by atoms with Crippen molar-refractivity contribution in [3.8, 4) is 0 Å². The number of nitrogens with one attached hydrogen (secondary N) is 2. The smallest absolute Gasteiger partial charge is 0.209 e. The van der Waals surface area contributed by atoms with E-state index in [4.69, 9.17) is 0 Å². The number of quaternary nitrogens is 2. The summed E-state index contributed by atoms with van der Waals surface area (Å²) in [6.07, 6.45) is 2.30.